The maximum absolute atomic E-state index is 13.0. The minimum Gasteiger partial charge on any atom is -0.337 e. The van der Waals surface area contributed by atoms with Gasteiger partial charge in [0.05, 0.1) is 0 Å². The smallest absolute Gasteiger partial charge is 0.325 e. The van der Waals surface area contributed by atoms with Crippen LogP contribution in [-0.2, 0) is 16.9 Å². The normalized spacial score (nSPS) is 19.4. The van der Waals surface area contributed by atoms with Crippen LogP contribution in [0.15, 0.2) is 59.1 Å². The zero-order valence-corrected chi connectivity index (χ0v) is 15.0. The molecular weight excluding hydrogens is 344 g/mol. The van der Waals surface area contributed by atoms with E-state index < -0.39 is 11.6 Å². The summed E-state index contributed by atoms with van der Waals surface area (Å²) in [6.45, 7) is 3.58. The Balaban J connectivity index is 1.56. The van der Waals surface area contributed by atoms with Crippen molar-refractivity contribution in [2.24, 2.45) is 0 Å². The lowest BCUT2D eigenvalue weighted by molar-refractivity contribution is -0.131. The van der Waals surface area contributed by atoms with Crippen molar-refractivity contribution in [1.82, 2.24) is 20.4 Å². The van der Waals surface area contributed by atoms with E-state index in [1.165, 1.54) is 0 Å². The van der Waals surface area contributed by atoms with Crippen LogP contribution in [0.4, 0.5) is 4.79 Å². The number of urea groups is 1. The van der Waals surface area contributed by atoms with Gasteiger partial charge in [0.15, 0.2) is 0 Å². The predicted octanol–water partition coefficient (Wildman–Crippen LogP) is 3.01. The van der Waals surface area contributed by atoms with E-state index >= 15 is 0 Å². The van der Waals surface area contributed by atoms with Crippen LogP contribution in [0.2, 0.25) is 0 Å². The average Bonchev–Trinajstić information content (AvgIpc) is 3.22. The fraction of sp³-hybridized carbons (Fsp3) is 0.200. The van der Waals surface area contributed by atoms with Gasteiger partial charge in [-0.3, -0.25) is 9.69 Å². The maximum Gasteiger partial charge on any atom is 0.325 e. The lowest BCUT2D eigenvalue weighted by Gasteiger charge is -2.22. The number of aryl methyl sites for hydroxylation is 1. The van der Waals surface area contributed by atoms with Crippen LogP contribution in [0.3, 0.4) is 0 Å². The number of amides is 3. The molecule has 1 N–H and O–H groups in total. The summed E-state index contributed by atoms with van der Waals surface area (Å²) in [6.07, 6.45) is 0. The first-order valence-corrected chi connectivity index (χ1v) is 8.56. The molecule has 0 radical (unpaired) electrons. The van der Waals surface area contributed by atoms with E-state index in [9.17, 15) is 9.59 Å². The molecule has 7 nitrogen and oxygen atoms in total. The second-order valence-corrected chi connectivity index (χ2v) is 6.69. The zero-order chi connectivity index (χ0) is 19.0. The molecule has 1 aromatic heterocycles. The predicted molar refractivity (Wildman–Crippen MR) is 97.3 cm³/mol. The molecule has 0 unspecified atom stereocenters. The van der Waals surface area contributed by atoms with Crippen molar-refractivity contribution in [3.63, 3.8) is 0 Å². The second-order valence-electron chi connectivity index (χ2n) is 6.69. The Morgan fingerprint density at radius 1 is 1.07 bits per heavy atom. The van der Waals surface area contributed by atoms with Crippen molar-refractivity contribution in [2.75, 3.05) is 0 Å². The molecule has 3 amide bonds. The fourth-order valence-electron chi connectivity index (χ4n) is 3.08. The molecule has 27 heavy (non-hydrogen) atoms. The third-order valence-electron chi connectivity index (χ3n) is 4.70. The van der Waals surface area contributed by atoms with Gasteiger partial charge < -0.3 is 9.84 Å². The van der Waals surface area contributed by atoms with Gasteiger partial charge in [0.1, 0.15) is 12.1 Å². The van der Waals surface area contributed by atoms with E-state index in [4.69, 9.17) is 4.52 Å². The van der Waals surface area contributed by atoms with Gasteiger partial charge in [-0.1, -0.05) is 65.3 Å². The van der Waals surface area contributed by atoms with E-state index in [1.807, 2.05) is 61.5 Å². The van der Waals surface area contributed by atoms with Crippen LogP contribution in [0.25, 0.3) is 11.4 Å². The number of carbonyl (C=O) groups excluding carboxylic acids is 2. The number of hydrogen-bond donors (Lipinski definition) is 1. The quantitative estimate of drug-likeness (QED) is 0.721. The molecule has 1 aliphatic rings. The summed E-state index contributed by atoms with van der Waals surface area (Å²) in [5.74, 6) is 0.264. The molecule has 136 valence electrons. The molecule has 3 aromatic rings. The number of benzene rings is 2. The van der Waals surface area contributed by atoms with Gasteiger partial charge in [0.2, 0.25) is 11.7 Å². The summed E-state index contributed by atoms with van der Waals surface area (Å²) in [6, 6.07) is 16.4. The Bertz CT molecular complexity index is 998. The monoisotopic (exact) mass is 362 g/mol. The Morgan fingerprint density at radius 3 is 2.48 bits per heavy atom. The zero-order valence-electron chi connectivity index (χ0n) is 15.0. The second kappa shape index (κ2) is 6.35. The molecule has 2 aromatic carbocycles. The van der Waals surface area contributed by atoms with Crippen LogP contribution in [-0.4, -0.2) is 27.0 Å². The molecule has 1 saturated heterocycles. The fourth-order valence-corrected chi connectivity index (χ4v) is 3.08. The molecular formula is C20H18N4O3. The molecule has 2 heterocycles. The van der Waals surface area contributed by atoms with Crippen LogP contribution in [0.5, 0.6) is 0 Å². The Morgan fingerprint density at radius 2 is 1.78 bits per heavy atom. The van der Waals surface area contributed by atoms with Crippen molar-refractivity contribution >= 4 is 11.9 Å². The third-order valence-corrected chi connectivity index (χ3v) is 4.70. The van der Waals surface area contributed by atoms with Crippen molar-refractivity contribution in [3.8, 4) is 11.4 Å². The van der Waals surface area contributed by atoms with Crippen LogP contribution in [0, 0.1) is 6.92 Å². The largest absolute Gasteiger partial charge is 0.337 e. The van der Waals surface area contributed by atoms with Gasteiger partial charge in [0.25, 0.3) is 5.91 Å². The highest BCUT2D eigenvalue weighted by molar-refractivity contribution is 6.07. The van der Waals surface area contributed by atoms with E-state index in [-0.39, 0.29) is 18.3 Å². The number of nitrogens with one attached hydrogen (secondary N) is 1. The van der Waals surface area contributed by atoms with Crippen molar-refractivity contribution < 1.29 is 14.1 Å². The van der Waals surface area contributed by atoms with E-state index in [0.29, 0.717) is 5.82 Å². The maximum atomic E-state index is 13.0. The molecule has 0 spiro atoms. The van der Waals surface area contributed by atoms with E-state index in [0.717, 1.165) is 21.6 Å². The van der Waals surface area contributed by atoms with Gasteiger partial charge in [-0.25, -0.2) is 4.79 Å². The number of carbonyl (C=O) groups is 2. The minimum absolute atomic E-state index is 0.0774. The van der Waals surface area contributed by atoms with Gasteiger partial charge in [-0.2, -0.15) is 4.98 Å². The summed E-state index contributed by atoms with van der Waals surface area (Å²) >= 11 is 0. The van der Waals surface area contributed by atoms with Gasteiger partial charge in [-0.05, 0) is 19.4 Å². The summed E-state index contributed by atoms with van der Waals surface area (Å²) in [5.41, 5.74) is 1.49. The van der Waals surface area contributed by atoms with E-state index in [2.05, 4.69) is 15.5 Å². The first-order valence-electron chi connectivity index (χ1n) is 8.56. The summed E-state index contributed by atoms with van der Waals surface area (Å²) in [7, 11) is 0. The lowest BCUT2D eigenvalue weighted by Crippen LogP contribution is -2.40. The molecule has 4 rings (SSSR count). The average molecular weight is 362 g/mol. The van der Waals surface area contributed by atoms with Crippen LogP contribution < -0.4 is 5.32 Å². The number of hydrogen-bond acceptors (Lipinski definition) is 5. The molecule has 0 bridgehead atoms. The number of rotatable bonds is 4. The Hall–Kier alpha value is -3.48. The molecule has 1 fully saturated rings. The summed E-state index contributed by atoms with van der Waals surface area (Å²) in [4.78, 5) is 30.8. The highest BCUT2D eigenvalue weighted by Gasteiger charge is 2.49. The van der Waals surface area contributed by atoms with Crippen molar-refractivity contribution in [3.05, 3.63) is 71.6 Å². The van der Waals surface area contributed by atoms with Crippen molar-refractivity contribution in [2.45, 2.75) is 25.9 Å². The number of nitrogens with zero attached hydrogens (tertiary/aromatic N) is 3. The number of aromatic nitrogens is 2. The molecule has 1 aliphatic heterocycles. The Kier molecular flexibility index (Phi) is 3.99. The topological polar surface area (TPSA) is 88.3 Å². The van der Waals surface area contributed by atoms with E-state index in [1.54, 1.807) is 6.92 Å². The first-order chi connectivity index (χ1) is 13.0. The molecule has 7 heteroatoms. The lowest BCUT2D eigenvalue weighted by atomic mass is 9.91. The minimum atomic E-state index is -1.12. The standard InChI is InChI=1S/C20H18N4O3/c1-13-8-10-15(11-9-13)20(2)18(25)24(19(26)22-20)12-16-21-17(23-27-16)14-6-4-3-5-7-14/h3-11H,12H2,1-2H3,(H,22,26)/t20-/m0/s1. The van der Waals surface area contributed by atoms with Gasteiger partial charge >= 0.3 is 6.03 Å². The first kappa shape index (κ1) is 17.0. The highest BCUT2D eigenvalue weighted by atomic mass is 16.5. The molecule has 1 atom stereocenters. The summed E-state index contributed by atoms with van der Waals surface area (Å²) in [5, 5.41) is 6.70. The SMILES string of the molecule is Cc1ccc([C@]2(C)NC(=O)N(Cc3nc(-c4ccccc4)no3)C2=O)cc1. The highest BCUT2D eigenvalue weighted by Crippen LogP contribution is 2.30. The van der Waals surface area contributed by atoms with Gasteiger partial charge in [-0.15, -0.1) is 0 Å². The summed E-state index contributed by atoms with van der Waals surface area (Å²) < 4.78 is 5.23. The van der Waals surface area contributed by atoms with Crippen molar-refractivity contribution in [1.29, 1.82) is 0 Å². The Labute approximate surface area is 156 Å². The van der Waals surface area contributed by atoms with Crippen LogP contribution in [0.1, 0.15) is 23.9 Å². The molecule has 0 saturated carbocycles. The van der Waals surface area contributed by atoms with Gasteiger partial charge in [0, 0.05) is 5.56 Å². The van der Waals surface area contributed by atoms with Crippen LogP contribution >= 0.6 is 0 Å². The number of imide groups is 1. The third kappa shape index (κ3) is 2.97. The molecule has 0 aliphatic carbocycles.